The van der Waals surface area contributed by atoms with Gasteiger partial charge in [0.2, 0.25) is 0 Å². The van der Waals surface area contributed by atoms with Crippen LogP contribution in [0, 0.1) is 40.9 Å². The lowest BCUT2D eigenvalue weighted by Gasteiger charge is -2.72. The number of aliphatic hydroxyl groups excluding tert-OH is 2. The third-order valence-electron chi connectivity index (χ3n) is 10.9. The lowest BCUT2D eigenvalue weighted by atomic mass is 9.37. The fourth-order valence-corrected chi connectivity index (χ4v) is 11.2. The van der Waals surface area contributed by atoms with Gasteiger partial charge in [0.25, 0.3) is 0 Å². The largest absolute Gasteiger partial charge is 0.393 e. The van der Waals surface area contributed by atoms with Crippen molar-refractivity contribution < 1.29 is 24.5 Å². The van der Waals surface area contributed by atoms with E-state index in [9.17, 15) is 15.0 Å². The molecule has 4 heterocycles. The Hall–Kier alpha value is -1.70. The van der Waals surface area contributed by atoms with Gasteiger partial charge in [0.05, 0.1) is 36.0 Å². The molecule has 41 heavy (non-hydrogen) atoms. The van der Waals surface area contributed by atoms with Crippen LogP contribution in [-0.4, -0.2) is 72.4 Å². The molecular formula is C29H39N5O5S2. The summed E-state index contributed by atoms with van der Waals surface area (Å²) in [6, 6.07) is 0. The van der Waals surface area contributed by atoms with E-state index in [4.69, 9.17) is 9.47 Å². The summed E-state index contributed by atoms with van der Waals surface area (Å²) in [6.07, 6.45) is 4.05. The van der Waals surface area contributed by atoms with E-state index in [1.807, 2.05) is 17.8 Å². The van der Waals surface area contributed by atoms with Crippen LogP contribution in [-0.2, 0) is 26.6 Å². The quantitative estimate of drug-likeness (QED) is 0.263. The van der Waals surface area contributed by atoms with Gasteiger partial charge in [-0.3, -0.25) is 9.48 Å². The molecule has 6 fully saturated rings. The number of hydrogen-bond donors (Lipinski definition) is 2. The van der Waals surface area contributed by atoms with Crippen molar-refractivity contribution in [3.05, 3.63) is 29.1 Å². The molecule has 2 saturated heterocycles. The van der Waals surface area contributed by atoms with E-state index in [2.05, 4.69) is 40.9 Å². The van der Waals surface area contributed by atoms with Gasteiger partial charge in [0, 0.05) is 35.7 Å². The number of nitrogens with zero attached hydrogens (tertiary/aromatic N) is 5. The Morgan fingerprint density at radius 2 is 2.07 bits per heavy atom. The molecule has 2 aromatic heterocycles. The zero-order chi connectivity index (χ0) is 28.7. The molecule has 0 unspecified atom stereocenters. The van der Waals surface area contributed by atoms with Crippen LogP contribution in [0.2, 0.25) is 0 Å². The standard InChI is InChI=1S/C29H39N5O5S2/c1-15-18-11-19(35)22-28-8-5-7-27(3,4)20(28)12-21(29(22,23(15)36)24(18)37)39-25(28)38-10-6-9-34-13-17(31-33-34)14-40-26-32-30-16(2)41-26/h13,18-22,24-25,35,37H,1,5-12,14H2,2-4H3/t18-,19-,20+,21+,22-,24+,25-,28-,29+/m0/s1. The van der Waals surface area contributed by atoms with Crippen LogP contribution >= 0.6 is 23.1 Å². The minimum atomic E-state index is -1.12. The maximum atomic E-state index is 13.9. The first kappa shape index (κ1) is 28.1. The first-order valence-corrected chi connectivity index (χ1v) is 16.6. The minimum absolute atomic E-state index is 0.0201. The lowest BCUT2D eigenvalue weighted by Crippen LogP contribution is -2.78. The number of rotatable bonds is 8. The van der Waals surface area contributed by atoms with E-state index in [1.165, 1.54) is 0 Å². The highest BCUT2D eigenvalue weighted by Crippen LogP contribution is 2.75. The topological polar surface area (TPSA) is 132 Å². The van der Waals surface area contributed by atoms with Gasteiger partial charge in [-0.15, -0.1) is 15.3 Å². The number of thioether (sulfide) groups is 1. The average molecular weight is 602 g/mol. The normalized spacial score (nSPS) is 40.6. The fraction of sp³-hybridized carbons (Fsp3) is 0.759. The summed E-state index contributed by atoms with van der Waals surface area (Å²) in [5.74, 6) is 0.0296. The number of ketones is 1. The van der Waals surface area contributed by atoms with E-state index in [0.717, 1.165) is 40.7 Å². The van der Waals surface area contributed by atoms with Crippen molar-refractivity contribution in [3.8, 4) is 0 Å². The second kappa shape index (κ2) is 9.92. The van der Waals surface area contributed by atoms with Gasteiger partial charge in [-0.25, -0.2) is 0 Å². The van der Waals surface area contributed by atoms with Crippen molar-refractivity contribution in [1.82, 2.24) is 25.2 Å². The second-order valence-corrected chi connectivity index (χ2v) is 15.8. The van der Waals surface area contributed by atoms with Crippen molar-refractivity contribution in [3.63, 3.8) is 0 Å². The molecule has 12 heteroatoms. The summed E-state index contributed by atoms with van der Waals surface area (Å²) in [6.45, 7) is 11.7. The Morgan fingerprint density at radius 3 is 2.85 bits per heavy atom. The van der Waals surface area contributed by atoms with E-state index in [0.29, 0.717) is 37.3 Å². The van der Waals surface area contributed by atoms with E-state index >= 15 is 0 Å². The molecule has 6 aliphatic rings. The van der Waals surface area contributed by atoms with Gasteiger partial charge in [0.15, 0.2) is 16.4 Å². The highest BCUT2D eigenvalue weighted by atomic mass is 32.2. The Labute approximate surface area is 248 Å². The first-order chi connectivity index (χ1) is 19.6. The number of Topliss-reactive ketones (excluding diaryl/α,β-unsaturated/α-hetero) is 1. The number of aryl methyl sites for hydroxylation is 2. The van der Waals surface area contributed by atoms with Crippen LogP contribution in [0.25, 0.3) is 0 Å². The van der Waals surface area contributed by atoms with Crippen LogP contribution < -0.4 is 0 Å². The highest BCUT2D eigenvalue weighted by Gasteiger charge is 2.81. The number of aliphatic hydroxyl groups is 2. The Bertz CT molecular complexity index is 1360. The number of ether oxygens (including phenoxy) is 2. The average Bonchev–Trinajstić information content (AvgIpc) is 3.60. The number of hydrogen-bond acceptors (Lipinski definition) is 11. The number of carbonyl (C=O) groups is 1. The fourth-order valence-electron chi connectivity index (χ4n) is 9.47. The van der Waals surface area contributed by atoms with E-state index in [1.54, 1.807) is 23.1 Å². The molecule has 4 bridgehead atoms. The van der Waals surface area contributed by atoms with Crippen LogP contribution in [0.1, 0.15) is 63.1 Å². The molecule has 2 aromatic rings. The van der Waals surface area contributed by atoms with Crippen LogP contribution in [0.5, 0.6) is 0 Å². The Morgan fingerprint density at radius 1 is 1.24 bits per heavy atom. The maximum Gasteiger partial charge on any atom is 0.174 e. The van der Waals surface area contributed by atoms with Crippen LogP contribution in [0.15, 0.2) is 22.7 Å². The second-order valence-electron chi connectivity index (χ2n) is 13.4. The molecule has 2 N–H and O–H groups in total. The van der Waals surface area contributed by atoms with Gasteiger partial charge in [-0.2, -0.15) is 0 Å². The SMILES string of the molecule is C=C1C(=O)[C@]23[C@H](O)[C@H]1C[C@H](O)[C@H]2[C@]12CCCC(C)(C)[C@H]1C[C@H]3O[C@@H]2OCCCn1cc(CSc2nnc(C)s2)nn1. The van der Waals surface area contributed by atoms with Gasteiger partial charge >= 0.3 is 0 Å². The molecule has 222 valence electrons. The van der Waals surface area contributed by atoms with Gasteiger partial charge in [-0.1, -0.05) is 55.2 Å². The summed E-state index contributed by atoms with van der Waals surface area (Å²) < 4.78 is 16.0. The molecule has 8 rings (SSSR count). The smallest absolute Gasteiger partial charge is 0.174 e. The number of fused-ring (bicyclic) bond motifs is 2. The van der Waals surface area contributed by atoms with Gasteiger partial charge < -0.3 is 19.7 Å². The van der Waals surface area contributed by atoms with Crippen molar-refractivity contribution in [2.45, 2.75) is 101 Å². The summed E-state index contributed by atoms with van der Waals surface area (Å²) >= 11 is 3.18. The lowest BCUT2D eigenvalue weighted by molar-refractivity contribution is -0.402. The molecule has 0 aromatic carbocycles. The van der Waals surface area contributed by atoms with Crippen LogP contribution in [0.4, 0.5) is 0 Å². The monoisotopic (exact) mass is 601 g/mol. The number of aromatic nitrogens is 5. The van der Waals surface area contributed by atoms with Crippen molar-refractivity contribution in [2.24, 2.45) is 34.0 Å². The summed E-state index contributed by atoms with van der Waals surface area (Å²) in [7, 11) is 0. The molecule has 10 nitrogen and oxygen atoms in total. The number of carbonyl (C=O) groups excluding carboxylic acids is 1. The summed E-state index contributed by atoms with van der Waals surface area (Å²) in [5.41, 5.74) is -0.292. The molecule has 2 spiro atoms. The third kappa shape index (κ3) is 4.00. The predicted molar refractivity (Wildman–Crippen MR) is 152 cm³/mol. The van der Waals surface area contributed by atoms with Gasteiger partial charge in [-0.05, 0) is 55.9 Å². The van der Waals surface area contributed by atoms with Crippen molar-refractivity contribution in [2.75, 3.05) is 6.61 Å². The van der Waals surface area contributed by atoms with Crippen LogP contribution in [0.3, 0.4) is 0 Å². The molecule has 4 aliphatic carbocycles. The molecule has 4 saturated carbocycles. The zero-order valence-electron chi connectivity index (χ0n) is 23.9. The zero-order valence-corrected chi connectivity index (χ0v) is 25.5. The Balaban J connectivity index is 1.07. The van der Waals surface area contributed by atoms with E-state index in [-0.39, 0.29) is 17.1 Å². The summed E-state index contributed by atoms with van der Waals surface area (Å²) in [5, 5.41) is 41.0. The Kier molecular flexibility index (Phi) is 6.80. The first-order valence-electron chi connectivity index (χ1n) is 14.8. The van der Waals surface area contributed by atoms with Gasteiger partial charge in [0.1, 0.15) is 5.01 Å². The van der Waals surface area contributed by atoms with Crippen molar-refractivity contribution >= 4 is 28.9 Å². The molecular weight excluding hydrogens is 562 g/mol. The summed E-state index contributed by atoms with van der Waals surface area (Å²) in [4.78, 5) is 13.9. The highest BCUT2D eigenvalue weighted by molar-refractivity contribution is 8.00. The molecule has 9 atom stereocenters. The van der Waals surface area contributed by atoms with E-state index < -0.39 is 47.3 Å². The molecule has 2 aliphatic heterocycles. The third-order valence-corrected chi connectivity index (χ3v) is 13.0. The predicted octanol–water partition coefficient (Wildman–Crippen LogP) is 3.56. The van der Waals surface area contributed by atoms with Crippen molar-refractivity contribution in [1.29, 1.82) is 0 Å². The molecule has 0 amide bonds. The minimum Gasteiger partial charge on any atom is -0.393 e. The maximum absolute atomic E-state index is 13.9. The molecule has 0 radical (unpaired) electrons.